The van der Waals surface area contributed by atoms with Gasteiger partial charge in [-0.1, -0.05) is 0 Å². The molecular weight excluding hydrogens is 196 g/mol. The van der Waals surface area contributed by atoms with E-state index in [4.69, 9.17) is 11.3 Å². The Kier molecular flexibility index (Phi) is 3.63. The fourth-order valence-electron chi connectivity index (χ4n) is 1.25. The van der Waals surface area contributed by atoms with Crippen LogP contribution in [0.1, 0.15) is 5.56 Å². The molecule has 0 N–H and O–H groups in total. The lowest BCUT2D eigenvalue weighted by Gasteiger charge is -2.05. The number of benzene rings is 1. The lowest BCUT2D eigenvalue weighted by Crippen LogP contribution is -1.96. The molecule has 0 heterocycles. The third kappa shape index (κ3) is 2.68. The molecular formula is C10H10N2O3. The molecule has 0 fully saturated rings. The number of nitro benzene ring substituents is 1. The topological polar surface area (TPSA) is 56.7 Å². The predicted molar refractivity (Wildman–Crippen MR) is 54.8 cm³/mol. The van der Waals surface area contributed by atoms with Gasteiger partial charge in [-0.25, -0.2) is 6.57 Å². The highest BCUT2D eigenvalue weighted by atomic mass is 16.6. The van der Waals surface area contributed by atoms with Crippen molar-refractivity contribution in [2.75, 3.05) is 13.7 Å². The van der Waals surface area contributed by atoms with Gasteiger partial charge in [0.15, 0.2) is 0 Å². The highest BCUT2D eigenvalue weighted by Crippen LogP contribution is 2.24. The maximum Gasteiger partial charge on any atom is 0.269 e. The van der Waals surface area contributed by atoms with E-state index in [1.54, 1.807) is 6.07 Å². The van der Waals surface area contributed by atoms with Crippen LogP contribution in [0.25, 0.3) is 4.85 Å². The highest BCUT2D eigenvalue weighted by molar-refractivity contribution is 5.44. The van der Waals surface area contributed by atoms with E-state index in [1.165, 1.54) is 19.2 Å². The Morgan fingerprint density at radius 3 is 2.87 bits per heavy atom. The number of non-ortho nitro benzene ring substituents is 1. The second-order valence-corrected chi connectivity index (χ2v) is 2.88. The molecule has 0 saturated heterocycles. The van der Waals surface area contributed by atoms with Crippen molar-refractivity contribution >= 4 is 5.69 Å². The van der Waals surface area contributed by atoms with Gasteiger partial charge < -0.3 is 9.58 Å². The fraction of sp³-hybridized carbons (Fsp3) is 0.300. The Morgan fingerprint density at radius 2 is 2.33 bits per heavy atom. The smallest absolute Gasteiger partial charge is 0.269 e. The molecule has 0 saturated carbocycles. The van der Waals surface area contributed by atoms with Gasteiger partial charge in [0, 0.05) is 24.1 Å². The van der Waals surface area contributed by atoms with E-state index >= 15 is 0 Å². The van der Waals surface area contributed by atoms with Gasteiger partial charge in [-0.2, -0.15) is 0 Å². The van der Waals surface area contributed by atoms with Gasteiger partial charge in [-0.15, -0.1) is 0 Å². The summed E-state index contributed by atoms with van der Waals surface area (Å²) in [5.74, 6) is 0.587. The molecule has 5 nitrogen and oxygen atoms in total. The molecule has 15 heavy (non-hydrogen) atoms. The Labute approximate surface area is 87.3 Å². The summed E-state index contributed by atoms with van der Waals surface area (Å²) in [7, 11) is 1.50. The first-order valence-electron chi connectivity index (χ1n) is 4.33. The van der Waals surface area contributed by atoms with E-state index in [0.717, 1.165) is 0 Å². The second kappa shape index (κ2) is 4.96. The first-order valence-corrected chi connectivity index (χ1v) is 4.33. The summed E-state index contributed by atoms with van der Waals surface area (Å²) in [5, 5.41) is 10.5. The Morgan fingerprint density at radius 1 is 1.60 bits per heavy atom. The number of methoxy groups -OCH3 is 1. The van der Waals surface area contributed by atoms with Crippen molar-refractivity contribution in [2.45, 2.75) is 6.42 Å². The van der Waals surface area contributed by atoms with E-state index in [9.17, 15) is 10.1 Å². The van der Waals surface area contributed by atoms with Crippen LogP contribution in [0.3, 0.4) is 0 Å². The van der Waals surface area contributed by atoms with Crippen LogP contribution in [0, 0.1) is 16.7 Å². The van der Waals surface area contributed by atoms with Crippen molar-refractivity contribution in [3.63, 3.8) is 0 Å². The van der Waals surface area contributed by atoms with Crippen LogP contribution in [0.2, 0.25) is 0 Å². The summed E-state index contributed by atoms with van der Waals surface area (Å²) in [4.78, 5) is 13.3. The Balaban J connectivity index is 3.03. The van der Waals surface area contributed by atoms with Crippen LogP contribution in [-0.2, 0) is 6.42 Å². The van der Waals surface area contributed by atoms with Gasteiger partial charge in [0.05, 0.1) is 12.0 Å². The quantitative estimate of drug-likeness (QED) is 0.430. The standard InChI is InChI=1S/C10H10N2O3/c1-11-6-5-8-7-9(12(13)14)3-4-10(8)15-2/h3-4,7H,5-6H2,2H3. The van der Waals surface area contributed by atoms with Crippen LogP contribution in [0.5, 0.6) is 5.75 Å². The minimum atomic E-state index is -0.458. The average molecular weight is 206 g/mol. The highest BCUT2D eigenvalue weighted by Gasteiger charge is 2.11. The zero-order valence-corrected chi connectivity index (χ0v) is 8.27. The normalized spacial score (nSPS) is 9.33. The summed E-state index contributed by atoms with van der Waals surface area (Å²) in [6, 6.07) is 4.39. The van der Waals surface area contributed by atoms with Crippen LogP contribution >= 0.6 is 0 Å². The molecule has 0 aliphatic rings. The maximum absolute atomic E-state index is 10.5. The molecule has 0 spiro atoms. The van der Waals surface area contributed by atoms with Crippen molar-refractivity contribution in [1.82, 2.24) is 0 Å². The summed E-state index contributed by atoms with van der Waals surface area (Å²) in [5.41, 5.74) is 0.721. The molecule has 0 unspecified atom stereocenters. The maximum atomic E-state index is 10.5. The van der Waals surface area contributed by atoms with Gasteiger partial charge in [0.25, 0.3) is 5.69 Å². The zero-order valence-electron chi connectivity index (χ0n) is 8.27. The van der Waals surface area contributed by atoms with Crippen molar-refractivity contribution in [3.8, 4) is 5.75 Å². The molecule has 0 aromatic heterocycles. The molecule has 78 valence electrons. The predicted octanol–water partition coefficient (Wildman–Crippen LogP) is 2.07. The number of rotatable bonds is 4. The van der Waals surface area contributed by atoms with Crippen LogP contribution in [0.4, 0.5) is 5.69 Å². The van der Waals surface area contributed by atoms with E-state index < -0.39 is 4.92 Å². The van der Waals surface area contributed by atoms with Crippen molar-refractivity contribution in [1.29, 1.82) is 0 Å². The van der Waals surface area contributed by atoms with Gasteiger partial charge in [0.1, 0.15) is 5.75 Å². The summed E-state index contributed by atoms with van der Waals surface area (Å²) >= 11 is 0. The van der Waals surface area contributed by atoms with Crippen LogP contribution in [0.15, 0.2) is 18.2 Å². The molecule has 0 aliphatic heterocycles. The lowest BCUT2D eigenvalue weighted by atomic mass is 10.1. The first-order chi connectivity index (χ1) is 7.19. The molecule has 0 amide bonds. The third-order valence-corrected chi connectivity index (χ3v) is 1.97. The second-order valence-electron chi connectivity index (χ2n) is 2.88. The van der Waals surface area contributed by atoms with Crippen molar-refractivity contribution < 1.29 is 9.66 Å². The molecule has 0 aliphatic carbocycles. The first kappa shape index (κ1) is 11.0. The minimum Gasteiger partial charge on any atom is -0.496 e. The van der Waals surface area contributed by atoms with E-state index in [0.29, 0.717) is 24.3 Å². The van der Waals surface area contributed by atoms with Crippen LogP contribution in [-0.4, -0.2) is 18.6 Å². The molecule has 0 atom stereocenters. The van der Waals surface area contributed by atoms with Gasteiger partial charge in [0.2, 0.25) is 6.54 Å². The van der Waals surface area contributed by atoms with Gasteiger partial charge in [-0.3, -0.25) is 10.1 Å². The molecule has 1 rings (SSSR count). The molecule has 1 aromatic carbocycles. The number of hydrogen-bond acceptors (Lipinski definition) is 3. The molecule has 5 heteroatoms. The van der Waals surface area contributed by atoms with Crippen molar-refractivity contribution in [2.24, 2.45) is 0 Å². The number of ether oxygens (including phenoxy) is 1. The SMILES string of the molecule is [C-]#[N+]CCc1cc([N+](=O)[O-])ccc1OC. The Bertz CT molecular complexity index is 410. The van der Waals surface area contributed by atoms with Crippen LogP contribution < -0.4 is 4.74 Å². The molecule has 0 bridgehead atoms. The van der Waals surface area contributed by atoms with Gasteiger partial charge >= 0.3 is 0 Å². The zero-order chi connectivity index (χ0) is 11.3. The number of nitrogens with zero attached hydrogens (tertiary/aromatic N) is 2. The third-order valence-electron chi connectivity index (χ3n) is 1.97. The van der Waals surface area contributed by atoms with Crippen molar-refractivity contribution in [3.05, 3.63) is 45.3 Å². The lowest BCUT2D eigenvalue weighted by molar-refractivity contribution is -0.384. The average Bonchev–Trinajstić information content (AvgIpc) is 2.25. The summed E-state index contributed by atoms with van der Waals surface area (Å²) in [6.45, 7) is 6.97. The van der Waals surface area contributed by atoms with E-state index in [1.807, 2.05) is 0 Å². The number of nitro groups is 1. The van der Waals surface area contributed by atoms with Gasteiger partial charge in [-0.05, 0) is 6.07 Å². The van der Waals surface area contributed by atoms with E-state index in [2.05, 4.69) is 4.85 Å². The molecule has 0 radical (unpaired) electrons. The molecule has 1 aromatic rings. The number of hydrogen-bond donors (Lipinski definition) is 0. The fourth-order valence-corrected chi connectivity index (χ4v) is 1.25. The summed E-state index contributed by atoms with van der Waals surface area (Å²) in [6.07, 6.45) is 0.467. The summed E-state index contributed by atoms with van der Waals surface area (Å²) < 4.78 is 5.05. The largest absolute Gasteiger partial charge is 0.496 e. The monoisotopic (exact) mass is 206 g/mol. The minimum absolute atomic E-state index is 0.0239. The Hall–Kier alpha value is -2.09. The van der Waals surface area contributed by atoms with E-state index in [-0.39, 0.29) is 5.69 Å².